The molecule has 4 fully saturated rings. The van der Waals surface area contributed by atoms with Crippen LogP contribution in [0.2, 0.25) is 0 Å². The number of hydrogen-bond donors (Lipinski definition) is 1. The largest absolute Gasteiger partial charge is 0.393 e. The molecule has 4 saturated carbocycles. The van der Waals surface area contributed by atoms with Crippen LogP contribution >= 0.6 is 0 Å². The molecule has 0 spiro atoms. The van der Waals surface area contributed by atoms with Crippen molar-refractivity contribution in [3.8, 4) is 0 Å². The molecule has 1 N–H and O–H groups in total. The van der Waals surface area contributed by atoms with Crippen molar-refractivity contribution < 1.29 is 5.11 Å². The Morgan fingerprint density at radius 1 is 0.944 bits per heavy atom. The van der Waals surface area contributed by atoms with Crippen LogP contribution in [0.15, 0.2) is 0 Å². The highest BCUT2D eigenvalue weighted by molar-refractivity contribution is 5.04. The summed E-state index contributed by atoms with van der Waals surface area (Å²) in [5.74, 6) is 3.64. The molecule has 1 nitrogen and oxygen atoms in total. The monoisotopic (exact) mass is 250 g/mol. The Morgan fingerprint density at radius 3 is 1.78 bits per heavy atom. The van der Waals surface area contributed by atoms with Gasteiger partial charge in [-0.3, -0.25) is 0 Å². The maximum atomic E-state index is 10.8. The second-order valence-electron chi connectivity index (χ2n) is 7.71. The van der Waals surface area contributed by atoms with Crippen molar-refractivity contribution in [1.82, 2.24) is 0 Å². The summed E-state index contributed by atoms with van der Waals surface area (Å²) in [5, 5.41) is 10.8. The third-order valence-electron chi connectivity index (χ3n) is 6.50. The quantitative estimate of drug-likeness (QED) is 0.767. The maximum absolute atomic E-state index is 10.8. The minimum atomic E-state index is -0.00389. The number of hydrogen-bond acceptors (Lipinski definition) is 1. The Bertz CT molecular complexity index is 257. The summed E-state index contributed by atoms with van der Waals surface area (Å²) in [6.07, 6.45) is 12.0. The third kappa shape index (κ3) is 2.13. The van der Waals surface area contributed by atoms with E-state index in [1.807, 2.05) is 0 Å². The second kappa shape index (κ2) is 4.81. The molecule has 0 radical (unpaired) electrons. The second-order valence-corrected chi connectivity index (χ2v) is 7.71. The van der Waals surface area contributed by atoms with E-state index in [0.29, 0.717) is 5.41 Å². The fourth-order valence-corrected chi connectivity index (χ4v) is 5.77. The zero-order valence-electron chi connectivity index (χ0n) is 12.2. The summed E-state index contributed by atoms with van der Waals surface area (Å²) in [4.78, 5) is 0. The third-order valence-corrected chi connectivity index (χ3v) is 6.50. The lowest BCUT2D eigenvalue weighted by atomic mass is 9.47. The van der Waals surface area contributed by atoms with Gasteiger partial charge in [0.05, 0.1) is 6.10 Å². The van der Waals surface area contributed by atoms with Crippen LogP contribution < -0.4 is 0 Å². The van der Waals surface area contributed by atoms with Gasteiger partial charge < -0.3 is 5.11 Å². The molecule has 0 saturated heterocycles. The van der Waals surface area contributed by atoms with E-state index in [9.17, 15) is 5.11 Å². The van der Waals surface area contributed by atoms with Crippen LogP contribution in [-0.2, 0) is 0 Å². The fourth-order valence-electron chi connectivity index (χ4n) is 5.77. The minimum Gasteiger partial charge on any atom is -0.393 e. The summed E-state index contributed by atoms with van der Waals surface area (Å²) < 4.78 is 0. The molecular weight excluding hydrogens is 220 g/mol. The van der Waals surface area contributed by atoms with Gasteiger partial charge >= 0.3 is 0 Å². The zero-order chi connectivity index (χ0) is 12.8. The standard InChI is InChI=1S/C17H30O/c1-3-12(4-2)8-16(18)17-9-13-5-14(10-17)7-15(6-13)11-17/h12-16,18H,3-11H2,1-2H3. The van der Waals surface area contributed by atoms with Crippen molar-refractivity contribution in [2.45, 2.75) is 77.7 Å². The van der Waals surface area contributed by atoms with Crippen LogP contribution in [0.25, 0.3) is 0 Å². The Kier molecular flexibility index (Phi) is 3.47. The van der Waals surface area contributed by atoms with Crippen LogP contribution in [-0.4, -0.2) is 11.2 Å². The van der Waals surface area contributed by atoms with Gasteiger partial charge in [0.2, 0.25) is 0 Å². The summed E-state index contributed by atoms with van der Waals surface area (Å²) in [6.45, 7) is 4.56. The van der Waals surface area contributed by atoms with Gasteiger partial charge in [-0.25, -0.2) is 0 Å². The highest BCUT2D eigenvalue weighted by Gasteiger charge is 2.53. The molecule has 1 unspecified atom stereocenters. The first-order chi connectivity index (χ1) is 8.65. The summed E-state index contributed by atoms with van der Waals surface area (Å²) >= 11 is 0. The van der Waals surface area contributed by atoms with Gasteiger partial charge in [-0.15, -0.1) is 0 Å². The SMILES string of the molecule is CCC(CC)CC(O)C12CC3CC(CC(C3)C1)C2. The Morgan fingerprint density at radius 2 is 1.39 bits per heavy atom. The first kappa shape index (κ1) is 13.0. The number of aliphatic hydroxyl groups is 1. The number of aliphatic hydroxyl groups excluding tert-OH is 1. The van der Waals surface area contributed by atoms with Gasteiger partial charge in [-0.1, -0.05) is 26.7 Å². The van der Waals surface area contributed by atoms with Gasteiger partial charge in [0, 0.05) is 0 Å². The van der Waals surface area contributed by atoms with E-state index in [-0.39, 0.29) is 6.10 Å². The Balaban J connectivity index is 1.70. The topological polar surface area (TPSA) is 20.2 Å². The van der Waals surface area contributed by atoms with Gasteiger partial charge in [0.15, 0.2) is 0 Å². The maximum Gasteiger partial charge on any atom is 0.0599 e. The minimum absolute atomic E-state index is 0.00389. The number of rotatable bonds is 5. The molecule has 4 aliphatic rings. The smallest absolute Gasteiger partial charge is 0.0599 e. The average molecular weight is 250 g/mol. The van der Waals surface area contributed by atoms with Crippen LogP contribution in [0.3, 0.4) is 0 Å². The molecule has 4 bridgehead atoms. The van der Waals surface area contributed by atoms with Gasteiger partial charge in [0.25, 0.3) is 0 Å². The fraction of sp³-hybridized carbons (Fsp3) is 1.00. The van der Waals surface area contributed by atoms with E-state index in [1.54, 1.807) is 0 Å². The van der Waals surface area contributed by atoms with E-state index in [2.05, 4.69) is 13.8 Å². The van der Waals surface area contributed by atoms with Crippen molar-refractivity contribution in [2.24, 2.45) is 29.1 Å². The van der Waals surface area contributed by atoms with E-state index in [1.165, 1.54) is 51.4 Å². The van der Waals surface area contributed by atoms with Crippen molar-refractivity contribution >= 4 is 0 Å². The van der Waals surface area contributed by atoms with Crippen LogP contribution in [0.4, 0.5) is 0 Å². The molecule has 0 aromatic heterocycles. The van der Waals surface area contributed by atoms with E-state index in [4.69, 9.17) is 0 Å². The zero-order valence-corrected chi connectivity index (χ0v) is 12.2. The molecule has 0 heterocycles. The van der Waals surface area contributed by atoms with Crippen molar-refractivity contribution in [3.05, 3.63) is 0 Å². The molecular formula is C17H30O. The predicted molar refractivity (Wildman–Crippen MR) is 75.3 cm³/mol. The Hall–Kier alpha value is -0.0400. The molecule has 0 aromatic carbocycles. The first-order valence-corrected chi connectivity index (χ1v) is 8.33. The lowest BCUT2D eigenvalue weighted by Crippen LogP contribution is -2.52. The molecule has 4 aliphatic carbocycles. The molecule has 0 aliphatic heterocycles. The van der Waals surface area contributed by atoms with E-state index in [0.717, 1.165) is 30.1 Å². The highest BCUT2D eigenvalue weighted by atomic mass is 16.3. The van der Waals surface area contributed by atoms with E-state index < -0.39 is 0 Å². The first-order valence-electron chi connectivity index (χ1n) is 8.33. The van der Waals surface area contributed by atoms with Crippen LogP contribution in [0.5, 0.6) is 0 Å². The summed E-state index contributed by atoms with van der Waals surface area (Å²) in [7, 11) is 0. The molecule has 18 heavy (non-hydrogen) atoms. The van der Waals surface area contributed by atoms with Crippen LogP contribution in [0, 0.1) is 29.1 Å². The van der Waals surface area contributed by atoms with Crippen molar-refractivity contribution in [2.75, 3.05) is 0 Å². The summed E-state index contributed by atoms with van der Waals surface area (Å²) in [6, 6.07) is 0. The lowest BCUT2D eigenvalue weighted by Gasteiger charge is -2.58. The molecule has 1 atom stereocenters. The van der Waals surface area contributed by atoms with E-state index >= 15 is 0 Å². The molecule has 1 heteroatoms. The van der Waals surface area contributed by atoms with Crippen LogP contribution in [0.1, 0.15) is 71.6 Å². The Labute approximate surface area is 112 Å². The molecule has 0 amide bonds. The highest BCUT2D eigenvalue weighted by Crippen LogP contribution is 2.61. The van der Waals surface area contributed by atoms with Gasteiger partial charge in [-0.2, -0.15) is 0 Å². The van der Waals surface area contributed by atoms with Crippen molar-refractivity contribution in [1.29, 1.82) is 0 Å². The predicted octanol–water partition coefficient (Wildman–Crippen LogP) is 4.39. The molecule has 0 aromatic rings. The normalized spacial score (nSPS) is 43.7. The summed E-state index contributed by atoms with van der Waals surface area (Å²) in [5.41, 5.74) is 0.345. The lowest BCUT2D eigenvalue weighted by molar-refractivity contribution is -0.126. The van der Waals surface area contributed by atoms with Gasteiger partial charge in [0.1, 0.15) is 0 Å². The van der Waals surface area contributed by atoms with Crippen molar-refractivity contribution in [3.63, 3.8) is 0 Å². The average Bonchev–Trinajstić information content (AvgIpc) is 2.34. The van der Waals surface area contributed by atoms with Gasteiger partial charge in [-0.05, 0) is 74.0 Å². The molecule has 104 valence electrons. The molecule has 4 rings (SSSR count).